The molecule has 5 heteroatoms. The second-order valence-corrected chi connectivity index (χ2v) is 3.82. The minimum Gasteiger partial charge on any atom is -0.390 e. The third kappa shape index (κ3) is 1.80. The lowest BCUT2D eigenvalue weighted by Crippen LogP contribution is -2.04. The number of rotatable bonds is 2. The lowest BCUT2D eigenvalue weighted by molar-refractivity contribution is 0.273. The van der Waals surface area contributed by atoms with Gasteiger partial charge < -0.3 is 5.11 Å². The van der Waals surface area contributed by atoms with Crippen LogP contribution in [0.2, 0.25) is 0 Å². The molecule has 0 aliphatic rings. The molecule has 0 atom stereocenters. The van der Waals surface area contributed by atoms with Crippen LogP contribution >= 0.6 is 15.9 Å². The molecule has 0 radical (unpaired) electrons. The van der Waals surface area contributed by atoms with Crippen molar-refractivity contribution < 1.29 is 9.50 Å². The van der Waals surface area contributed by atoms with Gasteiger partial charge >= 0.3 is 0 Å². The van der Waals surface area contributed by atoms with Crippen molar-refractivity contribution in [1.29, 1.82) is 0 Å². The molecular formula is C10H8BrFN2O. The van der Waals surface area contributed by atoms with Crippen LogP contribution in [0.15, 0.2) is 34.9 Å². The van der Waals surface area contributed by atoms with Crippen LogP contribution in [0.3, 0.4) is 0 Å². The zero-order valence-electron chi connectivity index (χ0n) is 7.69. The molecule has 1 N–H and O–H groups in total. The van der Waals surface area contributed by atoms with Gasteiger partial charge in [-0.05, 0) is 34.1 Å². The first-order chi connectivity index (χ1) is 7.24. The molecule has 1 aromatic heterocycles. The second-order valence-electron chi connectivity index (χ2n) is 2.97. The summed E-state index contributed by atoms with van der Waals surface area (Å²) in [6, 6.07) is 6.57. The fourth-order valence-electron chi connectivity index (χ4n) is 1.32. The summed E-state index contributed by atoms with van der Waals surface area (Å²) in [5.41, 5.74) is 0.866. The lowest BCUT2D eigenvalue weighted by Gasteiger charge is -2.07. The summed E-state index contributed by atoms with van der Waals surface area (Å²) in [5, 5.41) is 13.0. The summed E-state index contributed by atoms with van der Waals surface area (Å²) >= 11 is 3.10. The Hall–Kier alpha value is -1.20. The van der Waals surface area contributed by atoms with Crippen molar-refractivity contribution in [2.24, 2.45) is 0 Å². The van der Waals surface area contributed by atoms with Gasteiger partial charge in [-0.25, -0.2) is 9.07 Å². The molecule has 0 saturated carbocycles. The molecule has 0 aliphatic heterocycles. The number of hydrogen-bond donors (Lipinski definition) is 1. The molecule has 1 aromatic carbocycles. The molecule has 2 rings (SSSR count). The van der Waals surface area contributed by atoms with Crippen LogP contribution in [0.4, 0.5) is 4.39 Å². The van der Waals surface area contributed by atoms with E-state index in [4.69, 9.17) is 5.11 Å². The monoisotopic (exact) mass is 270 g/mol. The van der Waals surface area contributed by atoms with E-state index >= 15 is 0 Å². The summed E-state index contributed by atoms with van der Waals surface area (Å²) < 4.78 is 15.4. The fraction of sp³-hybridized carbons (Fsp3) is 0.100. The van der Waals surface area contributed by atoms with E-state index in [-0.39, 0.29) is 6.61 Å². The number of hydrogen-bond acceptors (Lipinski definition) is 2. The van der Waals surface area contributed by atoms with Gasteiger partial charge in [-0.1, -0.05) is 6.07 Å². The molecule has 0 saturated heterocycles. The summed E-state index contributed by atoms with van der Waals surface area (Å²) in [4.78, 5) is 0. The van der Waals surface area contributed by atoms with Crippen molar-refractivity contribution in [3.63, 3.8) is 0 Å². The van der Waals surface area contributed by atoms with E-state index in [0.717, 1.165) is 0 Å². The van der Waals surface area contributed by atoms with Crippen LogP contribution in [0.25, 0.3) is 5.69 Å². The minimum absolute atomic E-state index is 0.175. The van der Waals surface area contributed by atoms with E-state index in [1.54, 1.807) is 24.3 Å². The number of benzene rings is 1. The first-order valence-electron chi connectivity index (χ1n) is 4.32. The van der Waals surface area contributed by atoms with E-state index < -0.39 is 5.82 Å². The molecule has 0 fully saturated rings. The summed E-state index contributed by atoms with van der Waals surface area (Å²) in [6.45, 7) is -0.175. The molecule has 3 nitrogen and oxygen atoms in total. The van der Waals surface area contributed by atoms with Gasteiger partial charge in [0.15, 0.2) is 5.82 Å². The SMILES string of the molecule is OCc1ccnn1-c1cccc(Br)c1F. The third-order valence-corrected chi connectivity index (χ3v) is 2.65. The molecule has 0 spiro atoms. The Labute approximate surface area is 94.3 Å². The Kier molecular flexibility index (Phi) is 2.83. The quantitative estimate of drug-likeness (QED) is 0.909. The number of aliphatic hydroxyl groups is 1. The van der Waals surface area contributed by atoms with Crippen LogP contribution in [0, 0.1) is 5.82 Å². The average molecular weight is 271 g/mol. The van der Waals surface area contributed by atoms with Gasteiger partial charge in [0.1, 0.15) is 5.69 Å². The zero-order valence-corrected chi connectivity index (χ0v) is 9.28. The van der Waals surface area contributed by atoms with E-state index in [0.29, 0.717) is 15.9 Å². The summed E-state index contributed by atoms with van der Waals surface area (Å²) in [6.07, 6.45) is 1.52. The predicted octanol–water partition coefficient (Wildman–Crippen LogP) is 2.27. The average Bonchev–Trinajstić information content (AvgIpc) is 2.70. The molecule has 0 aliphatic carbocycles. The Morgan fingerprint density at radius 3 is 2.93 bits per heavy atom. The van der Waals surface area contributed by atoms with E-state index in [2.05, 4.69) is 21.0 Å². The molecule has 1 heterocycles. The van der Waals surface area contributed by atoms with E-state index in [9.17, 15) is 4.39 Å². The molecule has 2 aromatic rings. The summed E-state index contributed by atoms with van der Waals surface area (Å²) in [5.74, 6) is -0.393. The molecule has 15 heavy (non-hydrogen) atoms. The maximum Gasteiger partial charge on any atom is 0.163 e. The summed E-state index contributed by atoms with van der Waals surface area (Å²) in [7, 11) is 0. The first kappa shape index (κ1) is 10.3. The van der Waals surface area contributed by atoms with Crippen molar-refractivity contribution in [2.45, 2.75) is 6.61 Å². The fourth-order valence-corrected chi connectivity index (χ4v) is 1.68. The number of aromatic nitrogens is 2. The maximum atomic E-state index is 13.7. The zero-order chi connectivity index (χ0) is 10.8. The second kappa shape index (κ2) is 4.12. The highest BCUT2D eigenvalue weighted by atomic mass is 79.9. The highest BCUT2D eigenvalue weighted by molar-refractivity contribution is 9.10. The number of halogens is 2. The van der Waals surface area contributed by atoms with Crippen LogP contribution in [0.1, 0.15) is 5.69 Å². The first-order valence-corrected chi connectivity index (χ1v) is 5.11. The minimum atomic E-state index is -0.393. The Bertz CT molecular complexity index is 484. The van der Waals surface area contributed by atoms with Crippen molar-refractivity contribution in [3.8, 4) is 5.69 Å². The standard InChI is InChI=1S/C10H8BrFN2O/c11-8-2-1-3-9(10(8)12)14-7(6-15)4-5-13-14/h1-5,15H,6H2. The van der Waals surface area contributed by atoms with Crippen LogP contribution in [-0.2, 0) is 6.61 Å². The van der Waals surface area contributed by atoms with E-state index in [1.165, 1.54) is 10.9 Å². The van der Waals surface area contributed by atoms with Crippen LogP contribution < -0.4 is 0 Å². The topological polar surface area (TPSA) is 38.1 Å². The molecular weight excluding hydrogens is 263 g/mol. The van der Waals surface area contributed by atoms with Crippen molar-refractivity contribution >= 4 is 15.9 Å². The van der Waals surface area contributed by atoms with Gasteiger partial charge in [0.05, 0.1) is 16.8 Å². The van der Waals surface area contributed by atoms with Gasteiger partial charge in [-0.2, -0.15) is 5.10 Å². The smallest absolute Gasteiger partial charge is 0.163 e. The van der Waals surface area contributed by atoms with E-state index in [1.807, 2.05) is 0 Å². The largest absolute Gasteiger partial charge is 0.390 e. The van der Waals surface area contributed by atoms with Crippen LogP contribution in [-0.4, -0.2) is 14.9 Å². The van der Waals surface area contributed by atoms with Crippen molar-refractivity contribution in [1.82, 2.24) is 9.78 Å². The molecule has 0 amide bonds. The van der Waals surface area contributed by atoms with Crippen molar-refractivity contribution in [2.75, 3.05) is 0 Å². The van der Waals surface area contributed by atoms with Gasteiger partial charge in [0.25, 0.3) is 0 Å². The molecule has 78 valence electrons. The molecule has 0 bridgehead atoms. The lowest BCUT2D eigenvalue weighted by atomic mass is 10.3. The normalized spacial score (nSPS) is 10.6. The molecule has 0 unspecified atom stereocenters. The Balaban J connectivity index is 2.59. The van der Waals surface area contributed by atoms with Gasteiger partial charge in [0, 0.05) is 6.20 Å². The third-order valence-electron chi connectivity index (χ3n) is 2.04. The van der Waals surface area contributed by atoms with Gasteiger partial charge in [-0.15, -0.1) is 0 Å². The van der Waals surface area contributed by atoms with Crippen molar-refractivity contribution in [3.05, 3.63) is 46.4 Å². The van der Waals surface area contributed by atoms with Gasteiger partial charge in [0.2, 0.25) is 0 Å². The van der Waals surface area contributed by atoms with Gasteiger partial charge in [-0.3, -0.25) is 0 Å². The highest BCUT2D eigenvalue weighted by Crippen LogP contribution is 2.22. The Morgan fingerprint density at radius 2 is 2.20 bits per heavy atom. The predicted molar refractivity (Wildman–Crippen MR) is 57.1 cm³/mol. The Morgan fingerprint density at radius 1 is 1.40 bits per heavy atom. The van der Waals surface area contributed by atoms with Crippen LogP contribution in [0.5, 0.6) is 0 Å². The maximum absolute atomic E-state index is 13.7. The number of aliphatic hydroxyl groups excluding tert-OH is 1. The number of nitrogens with zero attached hydrogens (tertiary/aromatic N) is 2. The highest BCUT2D eigenvalue weighted by Gasteiger charge is 2.10.